The number of hydrogen-bond acceptors (Lipinski definition) is 7. The molecule has 1 aromatic heterocycles. The number of oxazole rings is 1. The fraction of sp³-hybridized carbons (Fsp3) is 0.318. The summed E-state index contributed by atoms with van der Waals surface area (Å²) in [5.41, 5.74) is 8.07. The normalized spacial score (nSPS) is 13.6. The Kier molecular flexibility index (Phi) is 6.19. The van der Waals surface area contributed by atoms with Gasteiger partial charge in [0.2, 0.25) is 5.89 Å². The second kappa shape index (κ2) is 8.64. The molecular formula is C22H26N4O4. The van der Waals surface area contributed by atoms with Crippen molar-refractivity contribution in [3.8, 4) is 0 Å². The number of aromatic nitrogens is 1. The van der Waals surface area contributed by atoms with Crippen LogP contribution in [0, 0.1) is 5.41 Å². The highest BCUT2D eigenvalue weighted by atomic mass is 16.6. The molecule has 0 saturated heterocycles. The Balaban J connectivity index is 1.66. The number of fused-ring (bicyclic) bond motifs is 1. The third kappa shape index (κ3) is 5.43. The van der Waals surface area contributed by atoms with Gasteiger partial charge in [-0.25, -0.2) is 9.78 Å². The lowest BCUT2D eigenvalue weighted by molar-refractivity contribution is 0.0563. The zero-order valence-electron chi connectivity index (χ0n) is 17.2. The quantitative estimate of drug-likeness (QED) is 0.377. The van der Waals surface area contributed by atoms with Crippen molar-refractivity contribution in [3.63, 3.8) is 0 Å². The Labute approximate surface area is 174 Å². The molecule has 2 atom stereocenters. The third-order valence-corrected chi connectivity index (χ3v) is 4.28. The first-order valence-corrected chi connectivity index (χ1v) is 9.59. The summed E-state index contributed by atoms with van der Waals surface area (Å²) in [6, 6.07) is 13.6. The highest BCUT2D eigenvalue weighted by molar-refractivity contribution is 6.04. The van der Waals surface area contributed by atoms with E-state index in [1.807, 2.05) is 18.2 Å². The second-order valence-electron chi connectivity index (χ2n) is 8.03. The van der Waals surface area contributed by atoms with Crippen LogP contribution in [-0.2, 0) is 11.2 Å². The van der Waals surface area contributed by atoms with Crippen molar-refractivity contribution in [2.75, 3.05) is 0 Å². The summed E-state index contributed by atoms with van der Waals surface area (Å²) in [5.74, 6) is 0.0818. The van der Waals surface area contributed by atoms with E-state index in [1.54, 1.807) is 51.1 Å². The van der Waals surface area contributed by atoms with Crippen molar-refractivity contribution in [3.05, 3.63) is 65.5 Å². The maximum absolute atomic E-state index is 11.9. The van der Waals surface area contributed by atoms with Crippen LogP contribution in [0.5, 0.6) is 0 Å². The molecule has 158 valence electrons. The van der Waals surface area contributed by atoms with Gasteiger partial charge in [0.25, 0.3) is 0 Å². The fourth-order valence-corrected chi connectivity index (χ4v) is 2.92. The number of nitrogens with two attached hydrogens (primary N) is 1. The molecule has 3 aromatic rings. The van der Waals surface area contributed by atoms with Gasteiger partial charge in [-0.3, -0.25) is 10.7 Å². The number of rotatable bonds is 5. The highest BCUT2D eigenvalue weighted by Crippen LogP contribution is 2.23. The first kappa shape index (κ1) is 21.5. The number of carbonyl (C=O) groups is 1. The minimum atomic E-state index is -1.08. The smallest absolute Gasteiger partial charge is 0.413 e. The zero-order chi connectivity index (χ0) is 21.9. The number of nitrogens with zero attached hydrogens (tertiary/aromatic N) is 1. The van der Waals surface area contributed by atoms with Gasteiger partial charge in [-0.05, 0) is 51.0 Å². The lowest BCUT2D eigenvalue weighted by atomic mass is 10.00. The maximum Gasteiger partial charge on any atom is 0.413 e. The number of ether oxygens (including phenoxy) is 1. The van der Waals surface area contributed by atoms with Gasteiger partial charge in [0.15, 0.2) is 5.58 Å². The van der Waals surface area contributed by atoms with Crippen molar-refractivity contribution in [1.82, 2.24) is 10.3 Å². The maximum atomic E-state index is 11.9. The lowest BCUT2D eigenvalue weighted by Crippen LogP contribution is -2.36. The molecule has 0 bridgehead atoms. The Bertz CT molecular complexity index is 1020. The number of amidine groups is 1. The van der Waals surface area contributed by atoms with Gasteiger partial charge in [0, 0.05) is 11.6 Å². The molecule has 8 heteroatoms. The van der Waals surface area contributed by atoms with E-state index in [1.165, 1.54) is 0 Å². The number of aliphatic hydroxyl groups is 1. The summed E-state index contributed by atoms with van der Waals surface area (Å²) in [6.07, 6.45) is -1.45. The van der Waals surface area contributed by atoms with Crippen molar-refractivity contribution < 1.29 is 19.1 Å². The predicted molar refractivity (Wildman–Crippen MR) is 113 cm³/mol. The average molecular weight is 410 g/mol. The molecule has 30 heavy (non-hydrogen) atoms. The van der Waals surface area contributed by atoms with Crippen LogP contribution in [0.4, 0.5) is 4.79 Å². The van der Waals surface area contributed by atoms with Gasteiger partial charge in [0.1, 0.15) is 23.1 Å². The largest absolute Gasteiger partial charge is 0.444 e. The van der Waals surface area contributed by atoms with Crippen LogP contribution in [0.1, 0.15) is 43.9 Å². The van der Waals surface area contributed by atoms with E-state index >= 15 is 0 Å². The molecule has 0 aliphatic rings. The number of nitrogens with one attached hydrogen (secondary N) is 2. The van der Waals surface area contributed by atoms with Crippen LogP contribution in [0.25, 0.3) is 11.1 Å². The number of benzene rings is 2. The summed E-state index contributed by atoms with van der Waals surface area (Å²) in [5, 5.41) is 21.1. The molecule has 1 unspecified atom stereocenters. The SMILES string of the molecule is CC(C)(C)OC(=O)NC(=N)c1cccc(C[C@H](N)C(O)c2nc3ccccc3o2)c1. The topological polar surface area (TPSA) is 134 Å². The van der Waals surface area contributed by atoms with Crippen LogP contribution in [-0.4, -0.2) is 33.7 Å². The third-order valence-electron chi connectivity index (χ3n) is 4.28. The first-order valence-electron chi connectivity index (χ1n) is 9.59. The fourth-order valence-electron chi connectivity index (χ4n) is 2.92. The van der Waals surface area contributed by atoms with Crippen molar-refractivity contribution >= 4 is 23.0 Å². The minimum Gasteiger partial charge on any atom is -0.444 e. The Morgan fingerprint density at radius 1 is 1.27 bits per heavy atom. The van der Waals surface area contributed by atoms with Gasteiger partial charge in [-0.15, -0.1) is 0 Å². The first-order chi connectivity index (χ1) is 14.1. The molecule has 0 radical (unpaired) electrons. The summed E-state index contributed by atoms with van der Waals surface area (Å²) in [7, 11) is 0. The average Bonchev–Trinajstić information content (AvgIpc) is 3.10. The Morgan fingerprint density at radius 3 is 2.70 bits per heavy atom. The number of hydrogen-bond donors (Lipinski definition) is 4. The summed E-state index contributed by atoms with van der Waals surface area (Å²) in [6.45, 7) is 5.25. The Hall–Kier alpha value is -3.23. The van der Waals surface area contributed by atoms with E-state index in [0.29, 0.717) is 23.1 Å². The molecule has 5 N–H and O–H groups in total. The van der Waals surface area contributed by atoms with Crippen LogP contribution in [0.2, 0.25) is 0 Å². The molecule has 3 rings (SSSR count). The lowest BCUT2D eigenvalue weighted by Gasteiger charge is -2.20. The molecule has 0 fully saturated rings. The van der Waals surface area contributed by atoms with E-state index in [9.17, 15) is 9.90 Å². The van der Waals surface area contributed by atoms with Gasteiger partial charge in [-0.2, -0.15) is 0 Å². The summed E-state index contributed by atoms with van der Waals surface area (Å²) < 4.78 is 10.8. The molecule has 0 saturated carbocycles. The predicted octanol–water partition coefficient (Wildman–Crippen LogP) is 3.28. The molecule has 2 aromatic carbocycles. The van der Waals surface area contributed by atoms with Crippen LogP contribution in [0.15, 0.2) is 52.9 Å². The van der Waals surface area contributed by atoms with Crippen LogP contribution in [0.3, 0.4) is 0 Å². The second-order valence-corrected chi connectivity index (χ2v) is 8.03. The van der Waals surface area contributed by atoms with Gasteiger partial charge >= 0.3 is 6.09 Å². The molecule has 0 aliphatic carbocycles. The molecule has 0 aliphatic heterocycles. The van der Waals surface area contributed by atoms with Gasteiger partial charge in [-0.1, -0.05) is 30.3 Å². The van der Waals surface area contributed by atoms with Gasteiger partial charge in [0.05, 0.1) is 0 Å². The Morgan fingerprint density at radius 2 is 2.00 bits per heavy atom. The van der Waals surface area contributed by atoms with E-state index < -0.39 is 23.8 Å². The van der Waals surface area contributed by atoms with Gasteiger partial charge < -0.3 is 20.0 Å². The number of carbonyl (C=O) groups excluding carboxylic acids is 1. The summed E-state index contributed by atoms with van der Waals surface area (Å²) >= 11 is 0. The van der Waals surface area contributed by atoms with E-state index in [2.05, 4.69) is 10.3 Å². The van der Waals surface area contributed by atoms with Crippen molar-refractivity contribution in [1.29, 1.82) is 5.41 Å². The monoisotopic (exact) mass is 410 g/mol. The number of aliphatic hydroxyl groups excluding tert-OH is 1. The van der Waals surface area contributed by atoms with Crippen LogP contribution >= 0.6 is 0 Å². The standard InChI is InChI=1S/C22H26N4O4/c1-22(2,3)30-21(28)26-19(24)14-8-6-7-13(11-14)12-15(23)18(27)20-25-16-9-4-5-10-17(16)29-20/h4-11,15,18,27H,12,23H2,1-3H3,(H2,24,26,28)/t15-,18?/m0/s1. The minimum absolute atomic E-state index is 0.0841. The van der Waals surface area contributed by atoms with Crippen molar-refractivity contribution in [2.45, 2.75) is 44.9 Å². The van der Waals surface area contributed by atoms with Crippen molar-refractivity contribution in [2.24, 2.45) is 5.73 Å². The van der Waals surface area contributed by atoms with Crippen LogP contribution < -0.4 is 11.1 Å². The highest BCUT2D eigenvalue weighted by Gasteiger charge is 2.23. The number of amides is 1. The molecule has 1 heterocycles. The van der Waals surface area contributed by atoms with E-state index in [0.717, 1.165) is 5.56 Å². The van der Waals surface area contributed by atoms with E-state index in [-0.39, 0.29) is 11.7 Å². The molecule has 1 amide bonds. The number of para-hydroxylation sites is 2. The van der Waals surface area contributed by atoms with E-state index in [4.69, 9.17) is 20.3 Å². The molecule has 0 spiro atoms. The zero-order valence-corrected chi connectivity index (χ0v) is 17.2. The molecule has 8 nitrogen and oxygen atoms in total. The summed E-state index contributed by atoms with van der Waals surface area (Å²) in [4.78, 5) is 16.2. The number of alkyl carbamates (subject to hydrolysis) is 1. The molecular weight excluding hydrogens is 384 g/mol.